The van der Waals surface area contributed by atoms with E-state index in [2.05, 4.69) is 27.7 Å². The second-order valence-electron chi connectivity index (χ2n) is 5.48. The third kappa shape index (κ3) is 9.20. The monoisotopic (exact) mass is 242 g/mol. The summed E-state index contributed by atoms with van der Waals surface area (Å²) >= 11 is 0. The number of carbonyl (C=O) groups is 1. The molecule has 0 saturated carbocycles. The molecule has 0 aliphatic carbocycles. The number of ether oxygens (including phenoxy) is 1. The van der Waals surface area contributed by atoms with Crippen LogP contribution in [0.5, 0.6) is 0 Å². The van der Waals surface area contributed by atoms with Crippen LogP contribution in [0.4, 0.5) is 0 Å². The highest BCUT2D eigenvalue weighted by Crippen LogP contribution is 2.22. The lowest BCUT2D eigenvalue weighted by molar-refractivity contribution is -0.134. The van der Waals surface area contributed by atoms with Gasteiger partial charge in [0.1, 0.15) is 6.10 Å². The molecule has 2 heteroatoms. The molecule has 2 atom stereocenters. The van der Waals surface area contributed by atoms with E-state index in [1.807, 2.05) is 0 Å². The molecule has 0 fully saturated rings. The first-order chi connectivity index (χ1) is 8.13. The molecule has 0 radical (unpaired) electrons. The minimum absolute atomic E-state index is 0.128. The van der Waals surface area contributed by atoms with Crippen LogP contribution in [-0.2, 0) is 9.53 Å². The van der Waals surface area contributed by atoms with Crippen LogP contribution in [0.25, 0.3) is 0 Å². The van der Waals surface area contributed by atoms with Crippen molar-refractivity contribution in [1.82, 2.24) is 0 Å². The second kappa shape index (κ2) is 10.6. The Hall–Kier alpha value is -0.530. The van der Waals surface area contributed by atoms with Gasteiger partial charge in [-0.15, -0.1) is 0 Å². The van der Waals surface area contributed by atoms with Gasteiger partial charge in [-0.2, -0.15) is 0 Å². The average molecular weight is 242 g/mol. The fourth-order valence-electron chi connectivity index (χ4n) is 2.31. The molecule has 0 bridgehead atoms. The van der Waals surface area contributed by atoms with Crippen molar-refractivity contribution < 1.29 is 9.53 Å². The Morgan fingerprint density at radius 2 is 1.82 bits per heavy atom. The Bertz CT molecular complexity index is 178. The van der Waals surface area contributed by atoms with E-state index in [0.717, 1.165) is 18.8 Å². The predicted molar refractivity (Wildman–Crippen MR) is 72.9 cm³/mol. The van der Waals surface area contributed by atoms with Gasteiger partial charge in [0.15, 0.2) is 0 Å². The largest absolute Gasteiger partial charge is 0.465 e. The molecule has 0 aliphatic heterocycles. The molecule has 102 valence electrons. The summed E-state index contributed by atoms with van der Waals surface area (Å²) in [4.78, 5) is 10.5. The molecule has 0 unspecified atom stereocenters. The molecular formula is C15H30O2. The molecule has 0 aromatic heterocycles. The third-order valence-electron chi connectivity index (χ3n) is 3.42. The van der Waals surface area contributed by atoms with Crippen molar-refractivity contribution in [1.29, 1.82) is 0 Å². The standard InChI is InChI=1S/C15H30O2/c1-5-7-8-14(6-2)9-10-15(17-12-16)11-13(3)4/h12-15H,5-11H2,1-4H3/t14-,15-/m1/s1. The average Bonchev–Trinajstić information content (AvgIpc) is 2.28. The van der Waals surface area contributed by atoms with Gasteiger partial charge in [-0.05, 0) is 31.1 Å². The lowest BCUT2D eigenvalue weighted by atomic mass is 9.91. The maximum absolute atomic E-state index is 10.5. The van der Waals surface area contributed by atoms with Gasteiger partial charge >= 0.3 is 0 Å². The minimum Gasteiger partial charge on any atom is -0.465 e. The van der Waals surface area contributed by atoms with Gasteiger partial charge in [0.2, 0.25) is 0 Å². The Balaban J connectivity index is 3.93. The van der Waals surface area contributed by atoms with E-state index in [0.29, 0.717) is 12.4 Å². The van der Waals surface area contributed by atoms with E-state index < -0.39 is 0 Å². The molecule has 0 spiro atoms. The highest BCUT2D eigenvalue weighted by atomic mass is 16.5. The minimum atomic E-state index is 0.128. The van der Waals surface area contributed by atoms with Crippen molar-refractivity contribution in [2.24, 2.45) is 11.8 Å². The van der Waals surface area contributed by atoms with Gasteiger partial charge in [0.25, 0.3) is 6.47 Å². The zero-order valence-corrected chi connectivity index (χ0v) is 12.1. The van der Waals surface area contributed by atoms with E-state index in [-0.39, 0.29) is 6.10 Å². The van der Waals surface area contributed by atoms with Crippen molar-refractivity contribution in [3.63, 3.8) is 0 Å². The molecule has 0 N–H and O–H groups in total. The Kier molecular flexibility index (Phi) is 10.3. The van der Waals surface area contributed by atoms with E-state index in [1.54, 1.807) is 0 Å². The van der Waals surface area contributed by atoms with Crippen LogP contribution in [0.1, 0.15) is 72.6 Å². The normalized spacial score (nSPS) is 14.6. The molecule has 0 heterocycles. The SMILES string of the molecule is CCCC[C@@H](CC)CC[C@H](CC(C)C)OC=O. The van der Waals surface area contributed by atoms with Crippen LogP contribution in [0.3, 0.4) is 0 Å². The van der Waals surface area contributed by atoms with Crippen molar-refractivity contribution in [3.05, 3.63) is 0 Å². The fraction of sp³-hybridized carbons (Fsp3) is 0.933. The van der Waals surface area contributed by atoms with Crippen LogP contribution in [-0.4, -0.2) is 12.6 Å². The molecule has 0 aliphatic rings. The van der Waals surface area contributed by atoms with E-state index in [4.69, 9.17) is 4.74 Å². The maximum atomic E-state index is 10.5. The van der Waals surface area contributed by atoms with Crippen LogP contribution >= 0.6 is 0 Å². The smallest absolute Gasteiger partial charge is 0.293 e. The summed E-state index contributed by atoms with van der Waals surface area (Å²) in [5.41, 5.74) is 0. The number of unbranched alkanes of at least 4 members (excludes halogenated alkanes) is 1. The molecule has 0 aromatic rings. The molecular weight excluding hydrogens is 212 g/mol. The van der Waals surface area contributed by atoms with Gasteiger partial charge in [-0.3, -0.25) is 4.79 Å². The van der Waals surface area contributed by atoms with Crippen molar-refractivity contribution >= 4 is 6.47 Å². The highest BCUT2D eigenvalue weighted by Gasteiger charge is 2.14. The maximum Gasteiger partial charge on any atom is 0.293 e. The highest BCUT2D eigenvalue weighted by molar-refractivity contribution is 5.37. The summed E-state index contributed by atoms with van der Waals surface area (Å²) in [6, 6.07) is 0. The molecule has 2 nitrogen and oxygen atoms in total. The molecule has 0 amide bonds. The van der Waals surface area contributed by atoms with E-state index in [9.17, 15) is 4.79 Å². The van der Waals surface area contributed by atoms with Crippen LogP contribution in [0, 0.1) is 11.8 Å². The van der Waals surface area contributed by atoms with E-state index >= 15 is 0 Å². The summed E-state index contributed by atoms with van der Waals surface area (Å²) in [7, 11) is 0. The molecule has 0 rings (SSSR count). The Morgan fingerprint density at radius 1 is 1.12 bits per heavy atom. The first-order valence-corrected chi connectivity index (χ1v) is 7.23. The predicted octanol–water partition coefficient (Wildman–Crippen LogP) is 4.57. The number of hydrogen-bond acceptors (Lipinski definition) is 2. The van der Waals surface area contributed by atoms with Gasteiger partial charge in [0, 0.05) is 0 Å². The first kappa shape index (κ1) is 16.5. The molecule has 0 aromatic carbocycles. The summed E-state index contributed by atoms with van der Waals surface area (Å²) in [6.07, 6.45) is 8.50. The van der Waals surface area contributed by atoms with Crippen LogP contribution < -0.4 is 0 Å². The summed E-state index contributed by atoms with van der Waals surface area (Å²) in [5.74, 6) is 1.40. The van der Waals surface area contributed by atoms with Crippen molar-refractivity contribution in [2.45, 2.75) is 78.7 Å². The number of rotatable bonds is 11. The fourth-order valence-corrected chi connectivity index (χ4v) is 2.31. The Labute approximate surface area is 107 Å². The quantitative estimate of drug-likeness (QED) is 0.496. The molecule has 17 heavy (non-hydrogen) atoms. The van der Waals surface area contributed by atoms with Gasteiger partial charge < -0.3 is 4.74 Å². The number of hydrogen-bond donors (Lipinski definition) is 0. The Morgan fingerprint density at radius 3 is 2.29 bits per heavy atom. The van der Waals surface area contributed by atoms with Crippen molar-refractivity contribution in [2.75, 3.05) is 0 Å². The zero-order chi connectivity index (χ0) is 13.1. The van der Waals surface area contributed by atoms with Crippen LogP contribution in [0.2, 0.25) is 0 Å². The van der Waals surface area contributed by atoms with Crippen molar-refractivity contribution in [3.8, 4) is 0 Å². The second-order valence-corrected chi connectivity index (χ2v) is 5.48. The molecule has 0 saturated heterocycles. The summed E-state index contributed by atoms with van der Waals surface area (Å²) in [5, 5.41) is 0. The lowest BCUT2D eigenvalue weighted by Gasteiger charge is -2.20. The van der Waals surface area contributed by atoms with Gasteiger partial charge in [0.05, 0.1) is 0 Å². The topological polar surface area (TPSA) is 26.3 Å². The van der Waals surface area contributed by atoms with Crippen LogP contribution in [0.15, 0.2) is 0 Å². The summed E-state index contributed by atoms with van der Waals surface area (Å²) < 4.78 is 5.17. The first-order valence-electron chi connectivity index (χ1n) is 7.23. The lowest BCUT2D eigenvalue weighted by Crippen LogP contribution is -2.16. The van der Waals surface area contributed by atoms with E-state index in [1.165, 1.54) is 32.1 Å². The van der Waals surface area contributed by atoms with Gasteiger partial charge in [-0.25, -0.2) is 0 Å². The number of carbonyl (C=O) groups excluding carboxylic acids is 1. The summed E-state index contributed by atoms with van der Waals surface area (Å²) in [6.45, 7) is 9.47. The van der Waals surface area contributed by atoms with Gasteiger partial charge in [-0.1, -0.05) is 53.4 Å². The zero-order valence-electron chi connectivity index (χ0n) is 12.1. The third-order valence-corrected chi connectivity index (χ3v) is 3.42.